The number of carbonyl (C=O) groups excluding carboxylic acids is 1. The predicted molar refractivity (Wildman–Crippen MR) is 67.4 cm³/mol. The lowest BCUT2D eigenvalue weighted by Gasteiger charge is -2.07. The van der Waals surface area contributed by atoms with E-state index in [-0.39, 0.29) is 5.91 Å². The van der Waals surface area contributed by atoms with E-state index in [9.17, 15) is 4.79 Å². The summed E-state index contributed by atoms with van der Waals surface area (Å²) in [6.45, 7) is 1.94. The van der Waals surface area contributed by atoms with E-state index in [1.807, 2.05) is 31.2 Å². The molecule has 88 valence electrons. The summed E-state index contributed by atoms with van der Waals surface area (Å²) in [7, 11) is 1.68. The molecular weight excluding hydrogens is 238 g/mol. The minimum atomic E-state index is -0.221. The fourth-order valence-electron chi connectivity index (χ4n) is 1.54. The molecule has 0 aliphatic heterocycles. The monoisotopic (exact) mass is 249 g/mol. The van der Waals surface area contributed by atoms with Crippen LogP contribution in [0.3, 0.4) is 0 Å². The van der Waals surface area contributed by atoms with Crippen LogP contribution in [0.25, 0.3) is 0 Å². The van der Waals surface area contributed by atoms with Gasteiger partial charge < -0.3 is 5.32 Å². The molecule has 0 fully saturated rings. The second kappa shape index (κ2) is 4.59. The maximum atomic E-state index is 12.0. The van der Waals surface area contributed by atoms with Crippen LogP contribution in [-0.2, 0) is 7.05 Å². The largest absolute Gasteiger partial charge is 0.320 e. The fourth-order valence-corrected chi connectivity index (χ4v) is 1.76. The van der Waals surface area contributed by atoms with Gasteiger partial charge in [0, 0.05) is 18.8 Å². The van der Waals surface area contributed by atoms with Crippen LogP contribution in [0.15, 0.2) is 30.3 Å². The molecule has 0 atom stereocenters. The average Bonchev–Trinajstić information content (AvgIpc) is 2.61. The Kier molecular flexibility index (Phi) is 3.15. The average molecular weight is 250 g/mol. The Bertz CT molecular complexity index is 563. The Morgan fingerprint density at radius 1 is 1.41 bits per heavy atom. The standard InChI is InChI=1S/C12H12ClN3O/c1-8-5-3-4-6-9(8)14-12(17)10-7-11(13)15-16(10)2/h3-7H,1-2H3,(H,14,17). The molecule has 0 unspecified atom stereocenters. The first kappa shape index (κ1) is 11.7. The minimum Gasteiger partial charge on any atom is -0.320 e. The van der Waals surface area contributed by atoms with Gasteiger partial charge in [-0.3, -0.25) is 9.48 Å². The van der Waals surface area contributed by atoms with E-state index in [2.05, 4.69) is 10.4 Å². The van der Waals surface area contributed by atoms with Crippen molar-refractivity contribution in [3.63, 3.8) is 0 Å². The molecule has 1 heterocycles. The molecule has 1 amide bonds. The summed E-state index contributed by atoms with van der Waals surface area (Å²) in [5.41, 5.74) is 2.22. The molecule has 0 saturated carbocycles. The van der Waals surface area contributed by atoms with Gasteiger partial charge in [-0.05, 0) is 18.6 Å². The zero-order chi connectivity index (χ0) is 12.4. The van der Waals surface area contributed by atoms with Crippen molar-refractivity contribution in [3.8, 4) is 0 Å². The van der Waals surface area contributed by atoms with Crippen molar-refractivity contribution in [1.29, 1.82) is 0 Å². The molecule has 0 saturated heterocycles. The van der Waals surface area contributed by atoms with E-state index < -0.39 is 0 Å². The number of benzene rings is 1. The zero-order valence-corrected chi connectivity index (χ0v) is 10.3. The molecule has 0 aliphatic rings. The van der Waals surface area contributed by atoms with Gasteiger partial charge in [-0.15, -0.1) is 0 Å². The van der Waals surface area contributed by atoms with Crippen LogP contribution in [0.4, 0.5) is 5.69 Å². The quantitative estimate of drug-likeness (QED) is 0.889. The maximum Gasteiger partial charge on any atom is 0.273 e. The molecule has 0 spiro atoms. The van der Waals surface area contributed by atoms with Crippen molar-refractivity contribution in [2.75, 3.05) is 5.32 Å². The summed E-state index contributed by atoms with van der Waals surface area (Å²) in [4.78, 5) is 12.0. The SMILES string of the molecule is Cc1ccccc1NC(=O)c1cc(Cl)nn1C. The van der Waals surface area contributed by atoms with E-state index in [4.69, 9.17) is 11.6 Å². The van der Waals surface area contributed by atoms with E-state index in [1.165, 1.54) is 10.7 Å². The number of para-hydroxylation sites is 1. The summed E-state index contributed by atoms with van der Waals surface area (Å²) < 4.78 is 1.45. The smallest absolute Gasteiger partial charge is 0.273 e. The molecule has 5 heteroatoms. The van der Waals surface area contributed by atoms with Crippen LogP contribution in [0.2, 0.25) is 5.15 Å². The summed E-state index contributed by atoms with van der Waals surface area (Å²) in [6, 6.07) is 9.12. The lowest BCUT2D eigenvalue weighted by atomic mass is 10.2. The highest BCUT2D eigenvalue weighted by Crippen LogP contribution is 2.15. The first-order chi connectivity index (χ1) is 8.08. The number of rotatable bonds is 2. The minimum absolute atomic E-state index is 0.221. The molecule has 4 nitrogen and oxygen atoms in total. The first-order valence-corrected chi connectivity index (χ1v) is 5.52. The summed E-state index contributed by atoms with van der Waals surface area (Å²) in [6.07, 6.45) is 0. The molecule has 1 aromatic carbocycles. The normalized spacial score (nSPS) is 10.3. The van der Waals surface area contributed by atoms with Crippen molar-refractivity contribution in [1.82, 2.24) is 9.78 Å². The van der Waals surface area contributed by atoms with Gasteiger partial charge in [0.05, 0.1) is 0 Å². The van der Waals surface area contributed by atoms with E-state index in [0.717, 1.165) is 11.3 Å². The predicted octanol–water partition coefficient (Wildman–Crippen LogP) is 2.63. The first-order valence-electron chi connectivity index (χ1n) is 5.14. The number of halogens is 1. The molecule has 1 aromatic heterocycles. The van der Waals surface area contributed by atoms with Gasteiger partial charge in [0.2, 0.25) is 0 Å². The lowest BCUT2D eigenvalue weighted by molar-refractivity contribution is 0.101. The highest BCUT2D eigenvalue weighted by molar-refractivity contribution is 6.29. The number of aromatic nitrogens is 2. The van der Waals surface area contributed by atoms with Crippen molar-refractivity contribution in [2.45, 2.75) is 6.92 Å². The number of nitrogens with one attached hydrogen (secondary N) is 1. The molecule has 2 aromatic rings. The summed E-state index contributed by atoms with van der Waals surface area (Å²) in [5, 5.41) is 7.05. The zero-order valence-electron chi connectivity index (χ0n) is 9.57. The Labute approximate surface area is 104 Å². The molecule has 1 N–H and O–H groups in total. The van der Waals surface area contributed by atoms with E-state index >= 15 is 0 Å². The number of nitrogens with zero attached hydrogens (tertiary/aromatic N) is 2. The van der Waals surface area contributed by atoms with Crippen LogP contribution in [0.5, 0.6) is 0 Å². The second-order valence-corrected chi connectivity index (χ2v) is 4.13. The van der Waals surface area contributed by atoms with Crippen molar-refractivity contribution >= 4 is 23.2 Å². The molecule has 2 rings (SSSR count). The summed E-state index contributed by atoms with van der Waals surface area (Å²) >= 11 is 5.73. The van der Waals surface area contributed by atoms with Gasteiger partial charge in [-0.25, -0.2) is 0 Å². The van der Waals surface area contributed by atoms with Crippen LogP contribution < -0.4 is 5.32 Å². The number of hydrogen-bond acceptors (Lipinski definition) is 2. The van der Waals surface area contributed by atoms with E-state index in [1.54, 1.807) is 7.05 Å². The summed E-state index contributed by atoms with van der Waals surface area (Å²) in [5.74, 6) is -0.221. The third kappa shape index (κ3) is 2.47. The van der Waals surface area contributed by atoms with Crippen molar-refractivity contribution < 1.29 is 4.79 Å². The number of carbonyl (C=O) groups is 1. The topological polar surface area (TPSA) is 46.9 Å². The third-order valence-corrected chi connectivity index (χ3v) is 2.66. The maximum absolute atomic E-state index is 12.0. The van der Waals surface area contributed by atoms with Crippen LogP contribution in [-0.4, -0.2) is 15.7 Å². The molecule has 17 heavy (non-hydrogen) atoms. The fraction of sp³-hybridized carbons (Fsp3) is 0.167. The number of hydrogen-bond donors (Lipinski definition) is 1. The van der Waals surface area contributed by atoms with Crippen LogP contribution in [0.1, 0.15) is 16.1 Å². The van der Waals surface area contributed by atoms with E-state index in [0.29, 0.717) is 10.8 Å². The van der Waals surface area contributed by atoms with Crippen molar-refractivity contribution in [2.24, 2.45) is 7.05 Å². The van der Waals surface area contributed by atoms with Gasteiger partial charge in [0.25, 0.3) is 5.91 Å². The Hall–Kier alpha value is -1.81. The van der Waals surface area contributed by atoms with Gasteiger partial charge in [0.1, 0.15) is 5.69 Å². The van der Waals surface area contributed by atoms with Gasteiger partial charge in [-0.1, -0.05) is 29.8 Å². The van der Waals surface area contributed by atoms with Gasteiger partial charge in [0.15, 0.2) is 5.15 Å². The molecular formula is C12H12ClN3O. The molecule has 0 aliphatic carbocycles. The van der Waals surface area contributed by atoms with Crippen LogP contribution >= 0.6 is 11.6 Å². The Morgan fingerprint density at radius 3 is 2.71 bits per heavy atom. The van der Waals surface area contributed by atoms with Gasteiger partial charge in [-0.2, -0.15) is 5.10 Å². The number of amides is 1. The Morgan fingerprint density at radius 2 is 2.12 bits per heavy atom. The molecule has 0 bridgehead atoms. The number of anilines is 1. The van der Waals surface area contributed by atoms with Crippen LogP contribution in [0, 0.1) is 6.92 Å². The van der Waals surface area contributed by atoms with Crippen molar-refractivity contribution in [3.05, 3.63) is 46.7 Å². The molecule has 0 radical (unpaired) electrons. The second-order valence-electron chi connectivity index (χ2n) is 3.74. The third-order valence-electron chi connectivity index (χ3n) is 2.48. The highest BCUT2D eigenvalue weighted by atomic mass is 35.5. The number of aryl methyl sites for hydroxylation is 2. The van der Waals surface area contributed by atoms with Gasteiger partial charge >= 0.3 is 0 Å². The Balaban J connectivity index is 2.23. The highest BCUT2D eigenvalue weighted by Gasteiger charge is 2.13. The lowest BCUT2D eigenvalue weighted by Crippen LogP contribution is -2.16.